The van der Waals surface area contributed by atoms with E-state index in [1.54, 1.807) is 0 Å². The highest BCUT2D eigenvalue weighted by Gasteiger charge is 2.29. The highest BCUT2D eigenvalue weighted by molar-refractivity contribution is 7.89. The van der Waals surface area contributed by atoms with Crippen molar-refractivity contribution in [2.45, 2.75) is 23.8 Å². The van der Waals surface area contributed by atoms with Crippen LogP contribution in [0.15, 0.2) is 23.2 Å². The van der Waals surface area contributed by atoms with Crippen LogP contribution in [0.1, 0.15) is 12.8 Å². The van der Waals surface area contributed by atoms with Gasteiger partial charge in [-0.05, 0) is 28.8 Å². The van der Waals surface area contributed by atoms with E-state index >= 15 is 0 Å². The molecule has 0 aromatic carbocycles. The smallest absolute Gasteiger partial charge is 0.363 e. The normalized spacial score (nSPS) is 18.4. The van der Waals surface area contributed by atoms with Crippen LogP contribution in [0, 0.1) is 10.1 Å². The number of piperidine rings is 1. The summed E-state index contributed by atoms with van der Waals surface area (Å²) < 4.78 is 25.7. The molecule has 1 aliphatic rings. The summed E-state index contributed by atoms with van der Waals surface area (Å²) in [4.78, 5) is 13.2. The average molecular weight is 287 g/mol. The molecule has 1 saturated heterocycles. The lowest BCUT2D eigenvalue weighted by Crippen LogP contribution is -2.40. The van der Waals surface area contributed by atoms with Gasteiger partial charge in [-0.3, -0.25) is 0 Å². The molecule has 9 heteroatoms. The van der Waals surface area contributed by atoms with E-state index in [0.29, 0.717) is 12.8 Å². The fourth-order valence-corrected chi connectivity index (χ4v) is 3.28. The first kappa shape index (κ1) is 13.8. The number of sulfonamides is 1. The highest BCUT2D eigenvalue weighted by atomic mass is 32.2. The molecule has 8 nitrogen and oxygen atoms in total. The molecule has 2 rings (SSSR count). The summed E-state index contributed by atoms with van der Waals surface area (Å²) in [6, 6.07) is 2.23. The van der Waals surface area contributed by atoms with Crippen molar-refractivity contribution in [3.05, 3.63) is 28.4 Å². The van der Waals surface area contributed by atoms with Crippen LogP contribution in [0.3, 0.4) is 0 Å². The molecule has 1 fully saturated rings. The summed E-state index contributed by atoms with van der Waals surface area (Å²) in [6.07, 6.45) is 1.29. The van der Waals surface area contributed by atoms with Crippen LogP contribution in [0.4, 0.5) is 5.82 Å². The molecule has 0 amide bonds. The Morgan fingerprint density at radius 2 is 2.00 bits per heavy atom. The van der Waals surface area contributed by atoms with Gasteiger partial charge in [-0.2, -0.15) is 4.31 Å². The van der Waals surface area contributed by atoms with Crippen LogP contribution in [0.2, 0.25) is 0 Å². The van der Waals surface area contributed by atoms with Gasteiger partial charge in [0.25, 0.3) is 0 Å². The van der Waals surface area contributed by atoms with Crippen molar-refractivity contribution in [3.8, 4) is 0 Å². The molecule has 0 atom stereocenters. The molecule has 1 N–H and O–H groups in total. The Morgan fingerprint density at radius 3 is 2.47 bits per heavy atom. The van der Waals surface area contributed by atoms with Gasteiger partial charge in [-0.15, -0.1) is 0 Å². The minimum Gasteiger partial charge on any atom is -0.393 e. The third-order valence-corrected chi connectivity index (χ3v) is 4.85. The molecule has 0 bridgehead atoms. The second kappa shape index (κ2) is 5.19. The van der Waals surface area contributed by atoms with Crippen LogP contribution < -0.4 is 0 Å². The first-order valence-corrected chi connectivity index (χ1v) is 7.14. The summed E-state index contributed by atoms with van der Waals surface area (Å²) >= 11 is 0. The molecule has 0 spiro atoms. The topological polar surface area (TPSA) is 114 Å². The summed E-state index contributed by atoms with van der Waals surface area (Å²) in [6.45, 7) is 0.473. The number of pyridine rings is 1. The Balaban J connectivity index is 2.22. The van der Waals surface area contributed by atoms with Gasteiger partial charge < -0.3 is 15.2 Å². The predicted molar refractivity (Wildman–Crippen MR) is 64.9 cm³/mol. The Labute approximate surface area is 109 Å². The third kappa shape index (κ3) is 2.88. The van der Waals surface area contributed by atoms with Gasteiger partial charge >= 0.3 is 5.82 Å². The van der Waals surface area contributed by atoms with Crippen molar-refractivity contribution in [1.82, 2.24) is 9.29 Å². The van der Waals surface area contributed by atoms with E-state index in [9.17, 15) is 23.6 Å². The fraction of sp³-hybridized carbons (Fsp3) is 0.500. The van der Waals surface area contributed by atoms with Crippen LogP contribution in [0.5, 0.6) is 0 Å². The zero-order valence-corrected chi connectivity index (χ0v) is 10.8. The Hall–Kier alpha value is -1.58. The fourth-order valence-electron chi connectivity index (χ4n) is 1.86. The molecule has 1 aliphatic heterocycles. The maximum absolute atomic E-state index is 12.2. The van der Waals surface area contributed by atoms with Crippen LogP contribution in [-0.4, -0.2) is 46.9 Å². The van der Waals surface area contributed by atoms with Gasteiger partial charge in [0.05, 0.1) is 6.10 Å². The summed E-state index contributed by atoms with van der Waals surface area (Å²) in [5, 5.41) is 19.8. The highest BCUT2D eigenvalue weighted by Crippen LogP contribution is 2.21. The van der Waals surface area contributed by atoms with Gasteiger partial charge in [0.15, 0.2) is 6.20 Å². The number of aliphatic hydroxyl groups is 1. The molecule has 2 heterocycles. The molecule has 1 aromatic heterocycles. The largest absolute Gasteiger partial charge is 0.393 e. The average Bonchev–Trinajstić information content (AvgIpc) is 2.39. The number of hydrogen-bond donors (Lipinski definition) is 1. The maximum atomic E-state index is 12.2. The predicted octanol–water partition coefficient (Wildman–Crippen LogP) is 0.135. The van der Waals surface area contributed by atoms with Crippen molar-refractivity contribution in [2.24, 2.45) is 0 Å². The number of rotatable bonds is 3. The SMILES string of the molecule is O=[N+]([O-])c1ccc(S(=O)(=O)N2CCC(O)CC2)cn1. The lowest BCUT2D eigenvalue weighted by atomic mass is 10.1. The number of hydrogen-bond acceptors (Lipinski definition) is 6. The van der Waals surface area contributed by atoms with Crippen LogP contribution in [-0.2, 0) is 10.0 Å². The zero-order valence-electron chi connectivity index (χ0n) is 9.97. The summed E-state index contributed by atoms with van der Waals surface area (Å²) in [5.74, 6) is -0.395. The van der Waals surface area contributed by atoms with E-state index in [2.05, 4.69) is 4.98 Å². The number of aliphatic hydroxyl groups excluding tert-OH is 1. The second-order valence-electron chi connectivity index (χ2n) is 4.24. The van der Waals surface area contributed by atoms with Gasteiger partial charge in [-0.1, -0.05) is 0 Å². The monoisotopic (exact) mass is 287 g/mol. The van der Waals surface area contributed by atoms with E-state index in [1.165, 1.54) is 10.4 Å². The first-order chi connectivity index (χ1) is 8.91. The number of aromatic nitrogens is 1. The Kier molecular flexibility index (Phi) is 3.78. The molecule has 0 radical (unpaired) electrons. The van der Waals surface area contributed by atoms with E-state index < -0.39 is 26.9 Å². The standard InChI is InChI=1S/C10H13N3O5S/c14-8-3-5-12(6-4-8)19(17,18)9-1-2-10(11-7-9)13(15)16/h1-2,7-8,14H,3-6H2. The Bertz CT molecular complexity index is 563. The third-order valence-electron chi connectivity index (χ3n) is 2.97. The minimum absolute atomic E-state index is 0.0745. The zero-order chi connectivity index (χ0) is 14.0. The molecule has 0 unspecified atom stereocenters. The quantitative estimate of drug-likeness (QED) is 0.624. The van der Waals surface area contributed by atoms with Crippen molar-refractivity contribution in [1.29, 1.82) is 0 Å². The number of nitro groups is 1. The van der Waals surface area contributed by atoms with Crippen molar-refractivity contribution < 1.29 is 18.4 Å². The van der Waals surface area contributed by atoms with Crippen molar-refractivity contribution in [2.75, 3.05) is 13.1 Å². The first-order valence-electron chi connectivity index (χ1n) is 5.70. The Morgan fingerprint density at radius 1 is 1.37 bits per heavy atom. The minimum atomic E-state index is -3.69. The van der Waals surface area contributed by atoms with E-state index in [0.717, 1.165) is 12.3 Å². The van der Waals surface area contributed by atoms with Gasteiger partial charge in [0, 0.05) is 19.2 Å². The molecule has 0 saturated carbocycles. The van der Waals surface area contributed by atoms with Gasteiger partial charge in [0.1, 0.15) is 4.90 Å². The molecule has 0 aliphatic carbocycles. The van der Waals surface area contributed by atoms with Gasteiger partial charge in [-0.25, -0.2) is 8.42 Å². The van der Waals surface area contributed by atoms with E-state index in [1.807, 2.05) is 0 Å². The molecule has 104 valence electrons. The van der Waals surface area contributed by atoms with Gasteiger partial charge in [0.2, 0.25) is 10.0 Å². The summed E-state index contributed by atoms with van der Waals surface area (Å²) in [5.41, 5.74) is 0. The molecule has 19 heavy (non-hydrogen) atoms. The molecule has 1 aromatic rings. The van der Waals surface area contributed by atoms with Crippen LogP contribution in [0.25, 0.3) is 0 Å². The van der Waals surface area contributed by atoms with Crippen molar-refractivity contribution >= 4 is 15.8 Å². The maximum Gasteiger partial charge on any atom is 0.363 e. The lowest BCUT2D eigenvalue weighted by molar-refractivity contribution is -0.389. The molecular weight excluding hydrogens is 274 g/mol. The molecular formula is C10H13N3O5S. The van der Waals surface area contributed by atoms with Crippen LogP contribution >= 0.6 is 0 Å². The number of nitrogens with zero attached hydrogens (tertiary/aromatic N) is 3. The van der Waals surface area contributed by atoms with E-state index in [4.69, 9.17) is 0 Å². The summed E-state index contributed by atoms with van der Waals surface area (Å²) in [7, 11) is -3.69. The lowest BCUT2D eigenvalue weighted by Gasteiger charge is -2.28. The second-order valence-corrected chi connectivity index (χ2v) is 6.18. The van der Waals surface area contributed by atoms with E-state index in [-0.39, 0.29) is 18.0 Å². The van der Waals surface area contributed by atoms with Crippen molar-refractivity contribution in [3.63, 3.8) is 0 Å².